The van der Waals surface area contributed by atoms with Crippen LogP contribution in [-0.2, 0) is 9.59 Å². The molecule has 0 atom stereocenters. The van der Waals surface area contributed by atoms with Crippen molar-refractivity contribution in [1.29, 1.82) is 0 Å². The third-order valence-electron chi connectivity index (χ3n) is 6.13. The van der Waals surface area contributed by atoms with Crippen LogP contribution in [0.5, 0.6) is 0 Å². The summed E-state index contributed by atoms with van der Waals surface area (Å²) in [5.41, 5.74) is 4.16. The van der Waals surface area contributed by atoms with Gasteiger partial charge in [-0.05, 0) is 75.4 Å². The molecular formula is C25H26O3. The first-order valence-corrected chi connectivity index (χ1v) is 9.49. The average Bonchev–Trinajstić information content (AvgIpc) is 2.67. The fourth-order valence-corrected chi connectivity index (χ4v) is 4.00. The minimum atomic E-state index is -1.05. The molecule has 3 heteroatoms. The largest absolute Gasteiger partial charge is 0.298 e. The van der Waals surface area contributed by atoms with E-state index in [1.807, 2.05) is 58.0 Å². The Balaban J connectivity index is 2.22. The Morgan fingerprint density at radius 1 is 0.786 bits per heavy atom. The van der Waals surface area contributed by atoms with E-state index >= 15 is 0 Å². The summed E-state index contributed by atoms with van der Waals surface area (Å²) >= 11 is 0. The smallest absolute Gasteiger partial charge is 0.176 e. The summed E-state index contributed by atoms with van der Waals surface area (Å²) < 4.78 is 0. The molecule has 28 heavy (non-hydrogen) atoms. The van der Waals surface area contributed by atoms with Crippen molar-refractivity contribution in [3.05, 3.63) is 64.7 Å². The molecule has 144 valence electrons. The van der Waals surface area contributed by atoms with Crippen molar-refractivity contribution in [3.8, 4) is 11.1 Å². The van der Waals surface area contributed by atoms with E-state index in [0.29, 0.717) is 11.1 Å². The Bertz CT molecular complexity index is 1020. The van der Waals surface area contributed by atoms with E-state index in [-0.39, 0.29) is 11.6 Å². The van der Waals surface area contributed by atoms with E-state index in [1.165, 1.54) is 0 Å². The highest BCUT2D eigenvalue weighted by atomic mass is 16.2. The lowest BCUT2D eigenvalue weighted by Gasteiger charge is -2.40. The Morgan fingerprint density at radius 3 is 1.93 bits per heavy atom. The van der Waals surface area contributed by atoms with E-state index in [0.717, 1.165) is 34.1 Å². The van der Waals surface area contributed by atoms with Crippen LogP contribution in [0.2, 0.25) is 0 Å². The van der Waals surface area contributed by atoms with Gasteiger partial charge in [0.2, 0.25) is 0 Å². The van der Waals surface area contributed by atoms with Crippen LogP contribution in [-0.4, -0.2) is 17.9 Å². The molecule has 0 unspecified atom stereocenters. The first-order chi connectivity index (χ1) is 13.0. The van der Waals surface area contributed by atoms with Crippen LogP contribution in [0.4, 0.5) is 0 Å². The summed E-state index contributed by atoms with van der Waals surface area (Å²) in [6, 6.07) is 13.4. The molecule has 0 spiro atoms. The van der Waals surface area contributed by atoms with Gasteiger partial charge < -0.3 is 0 Å². The zero-order chi connectivity index (χ0) is 20.9. The van der Waals surface area contributed by atoms with Crippen molar-refractivity contribution in [2.75, 3.05) is 0 Å². The van der Waals surface area contributed by atoms with Gasteiger partial charge in [0.25, 0.3) is 0 Å². The van der Waals surface area contributed by atoms with Crippen LogP contribution < -0.4 is 0 Å². The first-order valence-electron chi connectivity index (χ1n) is 9.49. The number of aldehydes is 1. The molecule has 1 aliphatic carbocycles. The van der Waals surface area contributed by atoms with Gasteiger partial charge >= 0.3 is 0 Å². The van der Waals surface area contributed by atoms with Crippen LogP contribution in [0.1, 0.15) is 56.1 Å². The Labute approximate surface area is 166 Å². The lowest BCUT2D eigenvalue weighted by Crippen LogP contribution is -2.47. The molecule has 0 amide bonds. The third-order valence-corrected chi connectivity index (χ3v) is 6.13. The molecule has 0 heterocycles. The maximum atomic E-state index is 13.3. The predicted octanol–water partition coefficient (Wildman–Crippen LogP) is 5.45. The van der Waals surface area contributed by atoms with Gasteiger partial charge in [0, 0.05) is 16.6 Å². The molecule has 2 aromatic carbocycles. The molecule has 0 radical (unpaired) electrons. The normalized spacial score (nSPS) is 18.4. The third kappa shape index (κ3) is 2.95. The van der Waals surface area contributed by atoms with Crippen LogP contribution in [0.3, 0.4) is 0 Å². The number of ketones is 2. The molecule has 0 aliphatic heterocycles. The summed E-state index contributed by atoms with van der Waals surface area (Å²) in [5.74, 6) is -0.157. The van der Waals surface area contributed by atoms with E-state index in [2.05, 4.69) is 0 Å². The second-order valence-corrected chi connectivity index (χ2v) is 8.68. The van der Waals surface area contributed by atoms with Crippen LogP contribution >= 0.6 is 0 Å². The zero-order valence-electron chi connectivity index (χ0n) is 17.3. The van der Waals surface area contributed by atoms with Gasteiger partial charge in [-0.3, -0.25) is 14.4 Å². The van der Waals surface area contributed by atoms with Crippen LogP contribution in [0.15, 0.2) is 48.0 Å². The molecular weight excluding hydrogens is 348 g/mol. The molecule has 0 saturated carbocycles. The van der Waals surface area contributed by atoms with Gasteiger partial charge in [-0.2, -0.15) is 0 Å². The predicted molar refractivity (Wildman–Crippen MR) is 112 cm³/mol. The van der Waals surface area contributed by atoms with Crippen molar-refractivity contribution in [2.45, 2.75) is 41.5 Å². The molecule has 0 fully saturated rings. The lowest BCUT2D eigenvalue weighted by molar-refractivity contribution is -0.141. The molecule has 0 N–H and O–H groups in total. The Hall–Kier alpha value is -2.81. The van der Waals surface area contributed by atoms with Crippen molar-refractivity contribution < 1.29 is 14.4 Å². The number of carbonyl (C=O) groups is 3. The number of aryl methyl sites for hydroxylation is 1. The van der Waals surface area contributed by atoms with Crippen molar-refractivity contribution >= 4 is 23.4 Å². The van der Waals surface area contributed by atoms with E-state index in [1.54, 1.807) is 26.0 Å². The van der Waals surface area contributed by atoms with Gasteiger partial charge in [0.15, 0.2) is 11.6 Å². The number of benzene rings is 2. The Kier molecular flexibility index (Phi) is 4.74. The molecule has 0 bridgehead atoms. The van der Waals surface area contributed by atoms with E-state index < -0.39 is 10.8 Å². The summed E-state index contributed by atoms with van der Waals surface area (Å²) in [5, 5.41) is 0. The maximum absolute atomic E-state index is 13.3. The number of rotatable bonds is 3. The lowest BCUT2D eigenvalue weighted by atomic mass is 9.60. The summed E-state index contributed by atoms with van der Waals surface area (Å²) in [7, 11) is 0. The highest BCUT2D eigenvalue weighted by molar-refractivity contribution is 6.34. The maximum Gasteiger partial charge on any atom is 0.176 e. The minimum Gasteiger partial charge on any atom is -0.298 e. The van der Waals surface area contributed by atoms with E-state index in [9.17, 15) is 14.4 Å². The summed E-state index contributed by atoms with van der Waals surface area (Å²) in [6.45, 7) is 11.1. The molecule has 0 aromatic heterocycles. The SMILES string of the molecule is CC1=C(c2cc(-c3ccc(C=O)cc3)ccc2C)C(=O)C(C)(C)C(=O)C1(C)C. The van der Waals surface area contributed by atoms with Crippen molar-refractivity contribution in [2.24, 2.45) is 10.8 Å². The van der Waals surface area contributed by atoms with Crippen molar-refractivity contribution in [3.63, 3.8) is 0 Å². The number of Topliss-reactive ketones (excluding diaryl/α,β-unsaturated/α-hetero) is 2. The first kappa shape index (κ1) is 19.9. The number of allylic oxidation sites excluding steroid dienone is 2. The molecule has 2 aromatic rings. The van der Waals surface area contributed by atoms with Gasteiger partial charge in [-0.15, -0.1) is 0 Å². The van der Waals surface area contributed by atoms with Gasteiger partial charge in [-0.1, -0.05) is 36.4 Å². The minimum absolute atomic E-state index is 0.0375. The second kappa shape index (κ2) is 6.66. The monoisotopic (exact) mass is 374 g/mol. The fraction of sp³-hybridized carbons (Fsp3) is 0.320. The Morgan fingerprint density at radius 2 is 1.36 bits per heavy atom. The van der Waals surface area contributed by atoms with Gasteiger partial charge in [-0.25, -0.2) is 0 Å². The number of hydrogen-bond donors (Lipinski definition) is 0. The second-order valence-electron chi connectivity index (χ2n) is 8.68. The highest BCUT2D eigenvalue weighted by Crippen LogP contribution is 2.47. The topological polar surface area (TPSA) is 51.2 Å². The molecule has 1 aliphatic rings. The zero-order valence-corrected chi connectivity index (χ0v) is 17.3. The summed E-state index contributed by atoms with van der Waals surface area (Å²) in [6.07, 6.45) is 0.820. The van der Waals surface area contributed by atoms with Crippen molar-refractivity contribution in [1.82, 2.24) is 0 Å². The van der Waals surface area contributed by atoms with E-state index in [4.69, 9.17) is 0 Å². The quantitative estimate of drug-likeness (QED) is 0.530. The van der Waals surface area contributed by atoms with Gasteiger partial charge in [0.1, 0.15) is 6.29 Å². The highest BCUT2D eigenvalue weighted by Gasteiger charge is 2.51. The average molecular weight is 374 g/mol. The number of carbonyl (C=O) groups excluding carboxylic acids is 3. The standard InChI is InChI=1S/C25H26O3/c1-15-7-10-19(18-11-8-17(14-26)9-12-18)13-20(15)21-16(2)24(3,4)23(28)25(5,6)22(21)27/h7-14H,1-6H3. The molecule has 0 saturated heterocycles. The van der Waals surface area contributed by atoms with Gasteiger partial charge in [0.05, 0.1) is 5.41 Å². The summed E-state index contributed by atoms with van der Waals surface area (Å²) in [4.78, 5) is 37.1. The number of hydrogen-bond acceptors (Lipinski definition) is 3. The molecule has 3 nitrogen and oxygen atoms in total. The molecule has 3 rings (SSSR count). The van der Waals surface area contributed by atoms with Crippen LogP contribution in [0.25, 0.3) is 16.7 Å². The van der Waals surface area contributed by atoms with Crippen LogP contribution in [0, 0.1) is 17.8 Å². The fourth-order valence-electron chi connectivity index (χ4n) is 4.00.